The lowest BCUT2D eigenvalue weighted by atomic mass is 9.95. The quantitative estimate of drug-likeness (QED) is 0.478. The molecular formula is C7H6N. The predicted molar refractivity (Wildman–Crippen MR) is 30.5 cm³/mol. The van der Waals surface area contributed by atoms with Crippen molar-refractivity contribution >= 4 is 0 Å². The van der Waals surface area contributed by atoms with E-state index in [1.807, 2.05) is 6.07 Å². The molecule has 0 bridgehead atoms. The standard InChI is InChI=1S/C7H6N/c1-2-6-3-4-7(6)8-5-1/h1,5H,3-4H2. The number of pyridine rings is 1. The maximum Gasteiger partial charge on any atom is 0.0445 e. The second kappa shape index (κ2) is 1.31. The molecule has 1 heteroatoms. The van der Waals surface area contributed by atoms with Gasteiger partial charge in [0.05, 0.1) is 0 Å². The molecule has 1 aliphatic rings. The summed E-state index contributed by atoms with van der Waals surface area (Å²) in [5.41, 5.74) is 2.56. The Kier molecular flexibility index (Phi) is 0.668. The van der Waals surface area contributed by atoms with Crippen LogP contribution in [0.2, 0.25) is 0 Å². The number of aryl methyl sites for hydroxylation is 2. The summed E-state index contributed by atoms with van der Waals surface area (Å²) in [7, 11) is 0. The summed E-state index contributed by atoms with van der Waals surface area (Å²) in [5.74, 6) is 0. The van der Waals surface area contributed by atoms with Gasteiger partial charge in [-0.25, -0.2) is 0 Å². The summed E-state index contributed by atoms with van der Waals surface area (Å²) in [6.45, 7) is 0. The van der Waals surface area contributed by atoms with Crippen LogP contribution >= 0.6 is 0 Å². The van der Waals surface area contributed by atoms with Gasteiger partial charge in [-0.3, -0.25) is 4.98 Å². The highest BCUT2D eigenvalue weighted by Gasteiger charge is 2.11. The van der Waals surface area contributed by atoms with E-state index in [1.165, 1.54) is 17.7 Å². The summed E-state index contributed by atoms with van der Waals surface area (Å²) in [5, 5.41) is 0. The highest BCUT2D eigenvalue weighted by atomic mass is 14.7. The largest absolute Gasteiger partial charge is 0.261 e. The van der Waals surface area contributed by atoms with Crippen molar-refractivity contribution in [2.45, 2.75) is 12.8 Å². The average molecular weight is 104 g/mol. The van der Waals surface area contributed by atoms with Crippen molar-refractivity contribution in [3.05, 3.63) is 29.6 Å². The van der Waals surface area contributed by atoms with Crippen LogP contribution in [0.3, 0.4) is 0 Å². The van der Waals surface area contributed by atoms with Gasteiger partial charge in [-0.15, -0.1) is 0 Å². The zero-order valence-electron chi connectivity index (χ0n) is 4.52. The summed E-state index contributed by atoms with van der Waals surface area (Å²) >= 11 is 0. The van der Waals surface area contributed by atoms with E-state index in [4.69, 9.17) is 0 Å². The van der Waals surface area contributed by atoms with E-state index in [1.54, 1.807) is 6.20 Å². The Labute approximate surface area is 48.4 Å². The minimum absolute atomic E-state index is 1.16. The van der Waals surface area contributed by atoms with E-state index in [0.29, 0.717) is 0 Å². The molecule has 0 spiro atoms. The zero-order chi connectivity index (χ0) is 5.40. The highest BCUT2D eigenvalue weighted by Crippen LogP contribution is 2.17. The fraction of sp³-hybridized carbons (Fsp3) is 0.286. The number of aromatic nitrogens is 1. The summed E-state index contributed by atoms with van der Waals surface area (Å²) < 4.78 is 0. The van der Waals surface area contributed by atoms with Crippen molar-refractivity contribution in [1.29, 1.82) is 0 Å². The van der Waals surface area contributed by atoms with Gasteiger partial charge in [-0.1, -0.05) is 0 Å². The molecule has 0 N–H and O–H groups in total. The fourth-order valence-electron chi connectivity index (χ4n) is 0.925. The van der Waals surface area contributed by atoms with Gasteiger partial charge in [-0.05, 0) is 30.5 Å². The van der Waals surface area contributed by atoms with Gasteiger partial charge in [0.15, 0.2) is 0 Å². The van der Waals surface area contributed by atoms with Crippen molar-refractivity contribution in [2.24, 2.45) is 0 Å². The minimum atomic E-state index is 1.16. The van der Waals surface area contributed by atoms with Crippen LogP contribution in [0.1, 0.15) is 11.3 Å². The maximum absolute atomic E-state index is 4.13. The van der Waals surface area contributed by atoms with Crippen molar-refractivity contribution in [2.75, 3.05) is 0 Å². The Morgan fingerprint density at radius 1 is 1.50 bits per heavy atom. The molecule has 0 fully saturated rings. The van der Waals surface area contributed by atoms with Gasteiger partial charge < -0.3 is 0 Å². The van der Waals surface area contributed by atoms with Gasteiger partial charge >= 0.3 is 0 Å². The maximum atomic E-state index is 4.13. The first-order valence-corrected chi connectivity index (χ1v) is 2.81. The summed E-state index contributed by atoms with van der Waals surface area (Å²) in [6, 6.07) is 5.00. The molecule has 0 unspecified atom stereocenters. The summed E-state index contributed by atoms with van der Waals surface area (Å²) in [6.07, 6.45) is 4.15. The molecule has 0 saturated heterocycles. The molecule has 0 atom stereocenters. The van der Waals surface area contributed by atoms with Crippen molar-refractivity contribution < 1.29 is 0 Å². The molecule has 39 valence electrons. The van der Waals surface area contributed by atoms with Gasteiger partial charge in [0, 0.05) is 11.9 Å². The highest BCUT2D eigenvalue weighted by molar-refractivity contribution is 5.26. The smallest absolute Gasteiger partial charge is 0.0445 e. The zero-order valence-corrected chi connectivity index (χ0v) is 4.52. The molecule has 1 radical (unpaired) electrons. The number of rotatable bonds is 0. The lowest BCUT2D eigenvalue weighted by Crippen LogP contribution is -2.09. The second-order valence-corrected chi connectivity index (χ2v) is 2.01. The van der Waals surface area contributed by atoms with Gasteiger partial charge in [0.2, 0.25) is 0 Å². The predicted octanol–water partition coefficient (Wildman–Crippen LogP) is 0.980. The Hall–Kier alpha value is -0.850. The second-order valence-electron chi connectivity index (χ2n) is 2.01. The third kappa shape index (κ3) is 0.386. The molecule has 0 aromatic carbocycles. The number of nitrogens with zero attached hydrogens (tertiary/aromatic N) is 1. The van der Waals surface area contributed by atoms with E-state index >= 15 is 0 Å². The van der Waals surface area contributed by atoms with Crippen molar-refractivity contribution in [1.82, 2.24) is 4.98 Å². The first-order valence-electron chi connectivity index (χ1n) is 2.81. The van der Waals surface area contributed by atoms with Crippen LogP contribution in [0.4, 0.5) is 0 Å². The van der Waals surface area contributed by atoms with Crippen LogP contribution in [0, 0.1) is 6.07 Å². The Morgan fingerprint density at radius 3 is 2.88 bits per heavy atom. The Balaban J connectivity index is 2.62. The monoisotopic (exact) mass is 104 g/mol. The van der Waals surface area contributed by atoms with Gasteiger partial charge in [0.25, 0.3) is 0 Å². The van der Waals surface area contributed by atoms with Gasteiger partial charge in [-0.2, -0.15) is 0 Å². The van der Waals surface area contributed by atoms with Crippen LogP contribution in [-0.2, 0) is 12.8 Å². The van der Waals surface area contributed by atoms with E-state index < -0.39 is 0 Å². The lowest BCUT2D eigenvalue weighted by Gasteiger charge is -2.14. The Morgan fingerprint density at radius 2 is 2.50 bits per heavy atom. The molecule has 8 heavy (non-hydrogen) atoms. The first kappa shape index (κ1) is 4.07. The van der Waals surface area contributed by atoms with Crippen molar-refractivity contribution in [3.8, 4) is 0 Å². The van der Waals surface area contributed by atoms with E-state index in [0.717, 1.165) is 6.42 Å². The van der Waals surface area contributed by atoms with Gasteiger partial charge in [0.1, 0.15) is 0 Å². The summed E-state index contributed by atoms with van der Waals surface area (Å²) in [4.78, 5) is 4.13. The number of hydrogen-bond donors (Lipinski definition) is 0. The molecule has 0 amide bonds. The molecule has 0 aliphatic heterocycles. The van der Waals surface area contributed by atoms with E-state index in [9.17, 15) is 0 Å². The fourth-order valence-corrected chi connectivity index (χ4v) is 0.925. The molecule has 1 aliphatic carbocycles. The molecular weight excluding hydrogens is 98.1 g/mol. The molecule has 1 aromatic rings. The van der Waals surface area contributed by atoms with E-state index in [2.05, 4.69) is 11.1 Å². The van der Waals surface area contributed by atoms with Crippen molar-refractivity contribution in [3.63, 3.8) is 0 Å². The van der Waals surface area contributed by atoms with Crippen LogP contribution in [0.15, 0.2) is 12.3 Å². The van der Waals surface area contributed by atoms with E-state index in [-0.39, 0.29) is 0 Å². The number of hydrogen-bond acceptors (Lipinski definition) is 1. The molecule has 1 heterocycles. The topological polar surface area (TPSA) is 12.9 Å². The normalized spacial score (nSPS) is 14.5. The third-order valence-corrected chi connectivity index (χ3v) is 1.52. The molecule has 2 rings (SSSR count). The van der Waals surface area contributed by atoms with Crippen LogP contribution < -0.4 is 0 Å². The third-order valence-electron chi connectivity index (χ3n) is 1.52. The van der Waals surface area contributed by atoms with Crippen LogP contribution in [0.25, 0.3) is 0 Å². The molecule has 1 nitrogen and oxygen atoms in total. The Bertz CT molecular complexity index is 182. The average Bonchev–Trinajstić information content (AvgIpc) is 1.72. The first-order chi connectivity index (χ1) is 3.97. The SMILES string of the molecule is [c]1ccnc2c1CC2. The van der Waals surface area contributed by atoms with Crippen LogP contribution in [0.5, 0.6) is 0 Å². The molecule has 1 aromatic heterocycles. The minimum Gasteiger partial charge on any atom is -0.261 e. The van der Waals surface area contributed by atoms with Crippen LogP contribution in [-0.4, -0.2) is 4.98 Å². The number of fused-ring (bicyclic) bond motifs is 1. The molecule has 0 saturated carbocycles. The lowest BCUT2D eigenvalue weighted by molar-refractivity contribution is 0.787.